The first-order valence-electron chi connectivity index (χ1n) is 5.74. The van der Waals surface area contributed by atoms with Crippen LogP contribution >= 0.6 is 0 Å². The van der Waals surface area contributed by atoms with Crippen molar-refractivity contribution in [1.82, 2.24) is 4.98 Å². The zero-order valence-electron chi connectivity index (χ0n) is 9.85. The summed E-state index contributed by atoms with van der Waals surface area (Å²) < 4.78 is 5.69. The highest BCUT2D eigenvalue weighted by Gasteiger charge is 2.31. The lowest BCUT2D eigenvalue weighted by Crippen LogP contribution is -2.38. The van der Waals surface area contributed by atoms with Crippen molar-refractivity contribution in [3.8, 4) is 5.88 Å². The highest BCUT2D eigenvalue weighted by atomic mass is 16.5. The molecule has 0 unspecified atom stereocenters. The lowest BCUT2D eigenvalue weighted by molar-refractivity contribution is 0.0632. The average Bonchev–Trinajstić information content (AvgIpc) is 2.22. The Balaban J connectivity index is 2.11. The molecular weight excluding hydrogens is 218 g/mol. The summed E-state index contributed by atoms with van der Waals surface area (Å²) in [5.74, 6) is 0.375. The third-order valence-corrected chi connectivity index (χ3v) is 3.18. The zero-order valence-corrected chi connectivity index (χ0v) is 9.85. The van der Waals surface area contributed by atoms with Crippen LogP contribution in [-0.4, -0.2) is 23.5 Å². The highest BCUT2D eigenvalue weighted by Crippen LogP contribution is 2.31. The second kappa shape index (κ2) is 4.71. The topological polar surface area (TPSA) is 91.2 Å². The van der Waals surface area contributed by atoms with E-state index in [0.717, 1.165) is 18.4 Å². The van der Waals surface area contributed by atoms with Crippen molar-refractivity contribution < 1.29 is 9.53 Å². The number of nitrogens with zero attached hydrogens (tertiary/aromatic N) is 1. The van der Waals surface area contributed by atoms with E-state index in [1.807, 2.05) is 6.92 Å². The van der Waals surface area contributed by atoms with Crippen LogP contribution in [0, 0.1) is 12.8 Å². The fourth-order valence-electron chi connectivity index (χ4n) is 2.04. The van der Waals surface area contributed by atoms with Crippen LogP contribution in [0.2, 0.25) is 0 Å². The molecule has 1 aliphatic rings. The number of carbonyl (C=O) groups excluding carboxylic acids is 1. The molecule has 0 spiro atoms. The molecule has 4 N–H and O–H groups in total. The standard InChI is InChI=1S/C12H17N3O2/c1-7-2-3-15-12(10(7)11(14)16)17-9-4-8(5-9)6-13/h2-3,8-9H,4-6,13H2,1H3,(H2,14,16). The predicted octanol–water partition coefficient (Wildman–Crippen LogP) is 0.605. The monoisotopic (exact) mass is 235 g/mol. The molecule has 2 rings (SSSR count). The van der Waals surface area contributed by atoms with Crippen molar-refractivity contribution in [2.45, 2.75) is 25.9 Å². The lowest BCUT2D eigenvalue weighted by Gasteiger charge is -2.34. The summed E-state index contributed by atoms with van der Waals surface area (Å²) in [6, 6.07) is 1.75. The fourth-order valence-corrected chi connectivity index (χ4v) is 2.04. The molecule has 1 aliphatic carbocycles. The Morgan fingerprint density at radius 2 is 2.29 bits per heavy atom. The number of amides is 1. The molecular formula is C12H17N3O2. The number of nitrogens with two attached hydrogens (primary N) is 2. The molecule has 5 heteroatoms. The largest absolute Gasteiger partial charge is 0.474 e. The Kier molecular flexibility index (Phi) is 3.28. The first-order valence-corrected chi connectivity index (χ1v) is 5.74. The summed E-state index contributed by atoms with van der Waals surface area (Å²) in [4.78, 5) is 15.4. The van der Waals surface area contributed by atoms with E-state index >= 15 is 0 Å². The molecule has 0 bridgehead atoms. The van der Waals surface area contributed by atoms with Gasteiger partial charge < -0.3 is 16.2 Å². The van der Waals surface area contributed by atoms with Gasteiger partial charge in [-0.05, 0) is 43.9 Å². The van der Waals surface area contributed by atoms with E-state index in [0.29, 0.717) is 23.9 Å². The summed E-state index contributed by atoms with van der Waals surface area (Å²) in [6.45, 7) is 2.50. The van der Waals surface area contributed by atoms with Crippen LogP contribution in [0.15, 0.2) is 12.3 Å². The summed E-state index contributed by atoms with van der Waals surface area (Å²) in [5.41, 5.74) is 12.0. The fraction of sp³-hybridized carbons (Fsp3) is 0.500. The van der Waals surface area contributed by atoms with Crippen molar-refractivity contribution >= 4 is 5.91 Å². The SMILES string of the molecule is Cc1ccnc(OC2CC(CN)C2)c1C(N)=O. The Hall–Kier alpha value is -1.62. The molecule has 1 saturated carbocycles. The summed E-state index contributed by atoms with van der Waals surface area (Å²) >= 11 is 0. The molecule has 0 atom stereocenters. The van der Waals surface area contributed by atoms with Gasteiger partial charge in [-0.25, -0.2) is 4.98 Å². The molecule has 92 valence electrons. The zero-order chi connectivity index (χ0) is 12.4. The van der Waals surface area contributed by atoms with Gasteiger partial charge in [0.05, 0.1) is 0 Å². The molecule has 0 saturated heterocycles. The Morgan fingerprint density at radius 1 is 1.59 bits per heavy atom. The molecule has 1 aromatic heterocycles. The van der Waals surface area contributed by atoms with Crippen molar-refractivity contribution in [3.05, 3.63) is 23.4 Å². The van der Waals surface area contributed by atoms with Gasteiger partial charge in [0.25, 0.3) is 5.91 Å². The number of pyridine rings is 1. The molecule has 1 heterocycles. The normalized spacial score (nSPS) is 22.9. The second-order valence-corrected chi connectivity index (χ2v) is 4.49. The summed E-state index contributed by atoms with van der Waals surface area (Å²) in [6.07, 6.45) is 3.57. The smallest absolute Gasteiger partial charge is 0.254 e. The quantitative estimate of drug-likeness (QED) is 0.799. The van der Waals surface area contributed by atoms with E-state index in [2.05, 4.69) is 4.98 Å². The molecule has 0 radical (unpaired) electrons. The summed E-state index contributed by atoms with van der Waals surface area (Å²) in [5, 5.41) is 0. The van der Waals surface area contributed by atoms with E-state index in [-0.39, 0.29) is 6.10 Å². The highest BCUT2D eigenvalue weighted by molar-refractivity contribution is 5.96. The molecule has 1 aromatic rings. The summed E-state index contributed by atoms with van der Waals surface area (Å²) in [7, 11) is 0. The van der Waals surface area contributed by atoms with Gasteiger partial charge >= 0.3 is 0 Å². The Labute approximate surface area is 100 Å². The van der Waals surface area contributed by atoms with Gasteiger partial charge in [0.2, 0.25) is 5.88 Å². The van der Waals surface area contributed by atoms with Crippen LogP contribution in [-0.2, 0) is 0 Å². The van der Waals surface area contributed by atoms with Crippen LogP contribution in [0.3, 0.4) is 0 Å². The first-order chi connectivity index (χ1) is 8.11. The second-order valence-electron chi connectivity index (χ2n) is 4.49. The lowest BCUT2D eigenvalue weighted by atomic mass is 9.82. The molecule has 1 amide bonds. The van der Waals surface area contributed by atoms with Gasteiger partial charge in [-0.1, -0.05) is 0 Å². The van der Waals surface area contributed by atoms with E-state index < -0.39 is 5.91 Å². The van der Waals surface area contributed by atoms with Gasteiger partial charge in [-0.2, -0.15) is 0 Å². The number of aromatic nitrogens is 1. The Morgan fingerprint density at radius 3 is 2.88 bits per heavy atom. The number of hydrogen-bond acceptors (Lipinski definition) is 4. The predicted molar refractivity (Wildman–Crippen MR) is 63.7 cm³/mol. The van der Waals surface area contributed by atoms with E-state index in [9.17, 15) is 4.79 Å². The minimum atomic E-state index is -0.500. The van der Waals surface area contributed by atoms with Crippen LogP contribution in [0.5, 0.6) is 5.88 Å². The van der Waals surface area contributed by atoms with Crippen LogP contribution in [0.1, 0.15) is 28.8 Å². The molecule has 17 heavy (non-hydrogen) atoms. The van der Waals surface area contributed by atoms with Gasteiger partial charge in [0.1, 0.15) is 11.7 Å². The molecule has 0 aromatic carbocycles. The number of ether oxygens (including phenoxy) is 1. The average molecular weight is 235 g/mol. The van der Waals surface area contributed by atoms with Crippen LogP contribution in [0.25, 0.3) is 0 Å². The molecule has 1 fully saturated rings. The molecule has 5 nitrogen and oxygen atoms in total. The maximum absolute atomic E-state index is 11.3. The minimum Gasteiger partial charge on any atom is -0.474 e. The minimum absolute atomic E-state index is 0.107. The number of hydrogen-bond donors (Lipinski definition) is 2. The van der Waals surface area contributed by atoms with Gasteiger partial charge in [0.15, 0.2) is 0 Å². The van der Waals surface area contributed by atoms with Crippen molar-refractivity contribution in [2.24, 2.45) is 17.4 Å². The number of primary amides is 1. The maximum Gasteiger partial charge on any atom is 0.254 e. The van der Waals surface area contributed by atoms with Gasteiger partial charge in [-0.3, -0.25) is 4.79 Å². The van der Waals surface area contributed by atoms with Crippen molar-refractivity contribution in [1.29, 1.82) is 0 Å². The van der Waals surface area contributed by atoms with Crippen molar-refractivity contribution in [3.63, 3.8) is 0 Å². The number of carbonyl (C=O) groups is 1. The first kappa shape index (κ1) is 11.9. The third kappa shape index (κ3) is 2.39. The van der Waals surface area contributed by atoms with E-state index in [4.69, 9.17) is 16.2 Å². The number of aryl methyl sites for hydroxylation is 1. The van der Waals surface area contributed by atoms with E-state index in [1.54, 1.807) is 12.3 Å². The van der Waals surface area contributed by atoms with Crippen LogP contribution in [0.4, 0.5) is 0 Å². The molecule has 0 aliphatic heterocycles. The number of rotatable bonds is 4. The van der Waals surface area contributed by atoms with Crippen LogP contribution < -0.4 is 16.2 Å². The third-order valence-electron chi connectivity index (χ3n) is 3.18. The Bertz CT molecular complexity index is 428. The maximum atomic E-state index is 11.3. The van der Waals surface area contributed by atoms with Crippen molar-refractivity contribution in [2.75, 3.05) is 6.54 Å². The van der Waals surface area contributed by atoms with E-state index in [1.165, 1.54) is 0 Å². The van der Waals surface area contributed by atoms with Gasteiger partial charge in [0, 0.05) is 6.20 Å². The van der Waals surface area contributed by atoms with Gasteiger partial charge in [-0.15, -0.1) is 0 Å².